The molecular formula is C14H13NO2. The van der Waals surface area contributed by atoms with Crippen molar-refractivity contribution < 1.29 is 9.59 Å². The highest BCUT2D eigenvalue weighted by Gasteiger charge is 2.07. The topological polar surface area (TPSA) is 60.2 Å². The van der Waals surface area contributed by atoms with Gasteiger partial charge in [-0.2, -0.15) is 0 Å². The van der Waals surface area contributed by atoms with Gasteiger partial charge in [0, 0.05) is 22.2 Å². The van der Waals surface area contributed by atoms with Gasteiger partial charge < -0.3 is 5.73 Å². The lowest BCUT2D eigenvalue weighted by Crippen LogP contribution is -1.98. The highest BCUT2D eigenvalue weighted by atomic mass is 16.1. The molecule has 0 saturated heterocycles. The number of nitrogen functional groups attached to an aromatic ring is 1. The van der Waals surface area contributed by atoms with Crippen molar-refractivity contribution in [3.63, 3.8) is 0 Å². The molecule has 0 aromatic heterocycles. The van der Waals surface area contributed by atoms with Gasteiger partial charge in [0.15, 0.2) is 11.6 Å². The molecule has 0 bridgehead atoms. The Labute approximate surface area is 99.2 Å². The van der Waals surface area contributed by atoms with Gasteiger partial charge in [-0.3, -0.25) is 9.59 Å². The van der Waals surface area contributed by atoms with Crippen molar-refractivity contribution in [1.29, 1.82) is 0 Å². The molecule has 0 radical (unpaired) electrons. The Morgan fingerprint density at radius 3 is 2.18 bits per heavy atom. The van der Waals surface area contributed by atoms with E-state index in [1.165, 1.54) is 13.8 Å². The van der Waals surface area contributed by atoms with Crippen LogP contribution in [0.2, 0.25) is 0 Å². The number of nitrogens with two attached hydrogens (primary N) is 1. The summed E-state index contributed by atoms with van der Waals surface area (Å²) in [6.45, 7) is 3.02. The summed E-state index contributed by atoms with van der Waals surface area (Å²) in [5.74, 6) is -0.0174. The molecule has 3 heteroatoms. The molecule has 86 valence electrons. The number of fused-ring (bicyclic) bond motifs is 1. The molecule has 0 aliphatic rings. The van der Waals surface area contributed by atoms with Crippen molar-refractivity contribution in [2.75, 3.05) is 5.73 Å². The second-order valence-electron chi connectivity index (χ2n) is 4.11. The second kappa shape index (κ2) is 4.01. The number of hydrogen-bond acceptors (Lipinski definition) is 3. The molecule has 17 heavy (non-hydrogen) atoms. The van der Waals surface area contributed by atoms with Crippen LogP contribution < -0.4 is 5.73 Å². The maximum absolute atomic E-state index is 11.3. The minimum absolute atomic E-state index is 0.00180. The molecule has 0 atom stereocenters. The van der Waals surface area contributed by atoms with Crippen LogP contribution in [0.3, 0.4) is 0 Å². The molecule has 2 rings (SSSR count). The van der Waals surface area contributed by atoms with Crippen LogP contribution in [0, 0.1) is 0 Å². The average Bonchev–Trinajstić information content (AvgIpc) is 2.28. The molecule has 0 fully saturated rings. The average molecular weight is 227 g/mol. The van der Waals surface area contributed by atoms with Crippen molar-refractivity contribution in [3.05, 3.63) is 41.5 Å². The molecule has 0 aliphatic carbocycles. The smallest absolute Gasteiger partial charge is 0.159 e. The van der Waals surface area contributed by atoms with Crippen molar-refractivity contribution in [3.8, 4) is 0 Å². The summed E-state index contributed by atoms with van der Waals surface area (Å²) in [7, 11) is 0. The van der Waals surface area contributed by atoms with E-state index in [-0.39, 0.29) is 11.6 Å². The molecule has 0 saturated carbocycles. The van der Waals surface area contributed by atoms with Crippen LogP contribution in [0.5, 0.6) is 0 Å². The van der Waals surface area contributed by atoms with E-state index in [2.05, 4.69) is 0 Å². The molecule has 2 aromatic carbocycles. The lowest BCUT2D eigenvalue weighted by molar-refractivity contribution is 0.100. The standard InChI is InChI=1S/C14H13NO2/c1-8(16)10-3-4-11-5-12(9(2)17)7-14(15)13(11)6-10/h3-7H,15H2,1-2H3. The van der Waals surface area contributed by atoms with Crippen LogP contribution >= 0.6 is 0 Å². The molecule has 0 heterocycles. The summed E-state index contributed by atoms with van der Waals surface area (Å²) in [6.07, 6.45) is 0. The highest BCUT2D eigenvalue weighted by molar-refractivity contribution is 6.05. The van der Waals surface area contributed by atoms with E-state index < -0.39 is 0 Å². The second-order valence-corrected chi connectivity index (χ2v) is 4.11. The Morgan fingerprint density at radius 1 is 0.941 bits per heavy atom. The molecule has 0 unspecified atom stereocenters. The minimum atomic E-state index is -0.0192. The van der Waals surface area contributed by atoms with Crippen LogP contribution in [-0.4, -0.2) is 11.6 Å². The lowest BCUT2D eigenvalue weighted by Gasteiger charge is -2.06. The van der Waals surface area contributed by atoms with Crippen LogP contribution in [0.15, 0.2) is 30.3 Å². The first-order valence-corrected chi connectivity index (χ1v) is 5.34. The zero-order valence-electron chi connectivity index (χ0n) is 9.78. The van der Waals surface area contributed by atoms with Gasteiger partial charge in [-0.15, -0.1) is 0 Å². The Bertz CT molecular complexity index is 629. The minimum Gasteiger partial charge on any atom is -0.398 e. The monoisotopic (exact) mass is 227 g/mol. The zero-order chi connectivity index (χ0) is 12.6. The summed E-state index contributed by atoms with van der Waals surface area (Å²) < 4.78 is 0. The normalized spacial score (nSPS) is 10.5. The van der Waals surface area contributed by atoms with Gasteiger partial charge in [-0.1, -0.05) is 12.1 Å². The van der Waals surface area contributed by atoms with Gasteiger partial charge in [0.1, 0.15) is 0 Å². The SMILES string of the molecule is CC(=O)c1cc(N)c2cc(C(C)=O)ccc2c1. The van der Waals surface area contributed by atoms with E-state index in [0.717, 1.165) is 10.8 Å². The number of carbonyl (C=O) groups excluding carboxylic acids is 2. The maximum Gasteiger partial charge on any atom is 0.159 e. The van der Waals surface area contributed by atoms with E-state index in [4.69, 9.17) is 5.73 Å². The number of rotatable bonds is 2. The molecule has 2 aromatic rings. The molecule has 0 spiro atoms. The first-order valence-electron chi connectivity index (χ1n) is 5.34. The first kappa shape index (κ1) is 11.3. The van der Waals surface area contributed by atoms with Gasteiger partial charge in [0.25, 0.3) is 0 Å². The van der Waals surface area contributed by atoms with Gasteiger partial charge >= 0.3 is 0 Å². The highest BCUT2D eigenvalue weighted by Crippen LogP contribution is 2.25. The van der Waals surface area contributed by atoms with E-state index in [1.807, 2.05) is 6.07 Å². The van der Waals surface area contributed by atoms with Gasteiger partial charge in [-0.05, 0) is 37.4 Å². The number of anilines is 1. The lowest BCUT2D eigenvalue weighted by atomic mass is 10.00. The van der Waals surface area contributed by atoms with Crippen LogP contribution in [0.4, 0.5) is 5.69 Å². The summed E-state index contributed by atoms with van der Waals surface area (Å²) in [4.78, 5) is 22.6. The van der Waals surface area contributed by atoms with Crippen LogP contribution in [0.25, 0.3) is 10.8 Å². The molecule has 0 amide bonds. The summed E-state index contributed by atoms with van der Waals surface area (Å²) in [5, 5.41) is 1.68. The number of Topliss-reactive ketones (excluding diaryl/α,β-unsaturated/α-hetero) is 2. The van der Waals surface area contributed by atoms with E-state index in [1.54, 1.807) is 24.3 Å². The Balaban J connectivity index is 2.72. The van der Waals surface area contributed by atoms with Crippen molar-refractivity contribution in [2.45, 2.75) is 13.8 Å². The van der Waals surface area contributed by atoms with Crippen molar-refractivity contribution >= 4 is 28.0 Å². The third-order valence-electron chi connectivity index (χ3n) is 2.80. The fourth-order valence-electron chi connectivity index (χ4n) is 1.81. The third-order valence-corrected chi connectivity index (χ3v) is 2.80. The molecular weight excluding hydrogens is 214 g/mol. The number of hydrogen-bond donors (Lipinski definition) is 1. The van der Waals surface area contributed by atoms with E-state index >= 15 is 0 Å². The van der Waals surface area contributed by atoms with Crippen molar-refractivity contribution in [2.24, 2.45) is 0 Å². The van der Waals surface area contributed by atoms with E-state index in [0.29, 0.717) is 16.8 Å². The molecule has 0 aliphatic heterocycles. The predicted molar refractivity (Wildman–Crippen MR) is 68.4 cm³/mol. The number of benzene rings is 2. The zero-order valence-corrected chi connectivity index (χ0v) is 9.78. The predicted octanol–water partition coefficient (Wildman–Crippen LogP) is 2.83. The summed E-state index contributed by atoms with van der Waals surface area (Å²) in [5.41, 5.74) is 7.64. The Morgan fingerprint density at radius 2 is 1.59 bits per heavy atom. The first-order chi connectivity index (χ1) is 7.99. The van der Waals surface area contributed by atoms with Crippen molar-refractivity contribution in [1.82, 2.24) is 0 Å². The van der Waals surface area contributed by atoms with Gasteiger partial charge in [0.2, 0.25) is 0 Å². The fourth-order valence-corrected chi connectivity index (χ4v) is 1.81. The Hall–Kier alpha value is -2.16. The number of ketones is 2. The quantitative estimate of drug-likeness (QED) is 0.634. The van der Waals surface area contributed by atoms with Crippen LogP contribution in [-0.2, 0) is 0 Å². The molecule has 2 N–H and O–H groups in total. The maximum atomic E-state index is 11.3. The largest absolute Gasteiger partial charge is 0.398 e. The fraction of sp³-hybridized carbons (Fsp3) is 0.143. The Kier molecular flexibility index (Phi) is 2.68. The molecule has 3 nitrogen and oxygen atoms in total. The number of carbonyl (C=O) groups is 2. The van der Waals surface area contributed by atoms with Crippen LogP contribution in [0.1, 0.15) is 34.6 Å². The van der Waals surface area contributed by atoms with Gasteiger partial charge in [0.05, 0.1) is 0 Å². The summed E-state index contributed by atoms with van der Waals surface area (Å²) >= 11 is 0. The van der Waals surface area contributed by atoms with E-state index in [9.17, 15) is 9.59 Å². The van der Waals surface area contributed by atoms with Gasteiger partial charge in [-0.25, -0.2) is 0 Å². The summed E-state index contributed by atoms with van der Waals surface area (Å²) in [6, 6.07) is 8.76. The third kappa shape index (κ3) is 2.04.